The Morgan fingerprint density at radius 1 is 1.13 bits per heavy atom. The highest BCUT2D eigenvalue weighted by Crippen LogP contribution is 2.37. The van der Waals surface area contributed by atoms with Gasteiger partial charge in [0.1, 0.15) is 10.8 Å². The zero-order chi connectivity index (χ0) is 21.8. The van der Waals surface area contributed by atoms with Gasteiger partial charge in [-0.15, -0.1) is 11.3 Å². The second kappa shape index (κ2) is 9.03. The van der Waals surface area contributed by atoms with Gasteiger partial charge < -0.3 is 10.1 Å². The quantitative estimate of drug-likeness (QED) is 0.535. The number of para-hydroxylation sites is 1. The van der Waals surface area contributed by atoms with Gasteiger partial charge in [-0.1, -0.05) is 54.6 Å². The molecule has 1 heterocycles. The van der Waals surface area contributed by atoms with Crippen molar-refractivity contribution in [2.45, 2.75) is 18.9 Å². The lowest BCUT2D eigenvalue weighted by Crippen LogP contribution is -2.34. The van der Waals surface area contributed by atoms with Crippen LogP contribution < -0.4 is 10.1 Å². The molecule has 1 saturated carbocycles. The molecule has 4 rings (SSSR count). The standard InChI is InChI=1S/C23H22N2O4S2/c1-31(27,28)15-14-19(16-12-13-16)24-21(26)20-22(29-18-10-6-3-7-11-18)25-23(30-20)17-8-4-2-5-9-17/h2-11,14-16,19H,12-13H2,1H3,(H,24,26)/b15-14+/t19-/m1/s1. The van der Waals surface area contributed by atoms with Crippen LogP contribution in [-0.2, 0) is 9.84 Å². The normalized spacial score (nSPS) is 15.0. The molecule has 0 spiro atoms. The first-order valence-corrected chi connectivity index (χ1v) is 12.6. The van der Waals surface area contributed by atoms with Gasteiger partial charge >= 0.3 is 0 Å². The molecule has 0 unspecified atom stereocenters. The van der Waals surface area contributed by atoms with E-state index in [9.17, 15) is 13.2 Å². The first-order valence-electron chi connectivity index (χ1n) is 9.87. The Bertz CT molecular complexity index is 1180. The number of carbonyl (C=O) groups excluding carboxylic acids is 1. The maximum atomic E-state index is 13.2. The molecule has 6 nitrogen and oxygen atoms in total. The van der Waals surface area contributed by atoms with Gasteiger partial charge in [-0.25, -0.2) is 13.4 Å². The summed E-state index contributed by atoms with van der Waals surface area (Å²) < 4.78 is 29.0. The molecule has 1 atom stereocenters. The van der Waals surface area contributed by atoms with E-state index < -0.39 is 9.84 Å². The molecule has 1 fully saturated rings. The molecule has 2 aromatic carbocycles. The number of sulfone groups is 1. The molecule has 8 heteroatoms. The van der Waals surface area contributed by atoms with E-state index in [0.29, 0.717) is 15.6 Å². The first kappa shape index (κ1) is 21.3. The average molecular weight is 455 g/mol. The van der Waals surface area contributed by atoms with Crippen molar-refractivity contribution in [2.24, 2.45) is 5.92 Å². The summed E-state index contributed by atoms with van der Waals surface area (Å²) in [4.78, 5) is 18.1. The number of hydrogen-bond donors (Lipinski definition) is 1. The second-order valence-electron chi connectivity index (χ2n) is 7.43. The molecule has 0 saturated heterocycles. The van der Waals surface area contributed by atoms with E-state index >= 15 is 0 Å². The predicted molar refractivity (Wildman–Crippen MR) is 122 cm³/mol. The monoisotopic (exact) mass is 454 g/mol. The lowest BCUT2D eigenvalue weighted by Gasteiger charge is -2.14. The number of rotatable bonds is 8. The summed E-state index contributed by atoms with van der Waals surface area (Å²) in [5, 5.41) is 4.78. The molecular formula is C23H22N2O4S2. The minimum absolute atomic E-state index is 0.231. The summed E-state index contributed by atoms with van der Waals surface area (Å²) >= 11 is 1.25. The summed E-state index contributed by atoms with van der Waals surface area (Å²) in [5.74, 6) is 0.717. The van der Waals surface area contributed by atoms with E-state index in [1.54, 1.807) is 18.2 Å². The van der Waals surface area contributed by atoms with Gasteiger partial charge in [0.2, 0.25) is 5.88 Å². The Morgan fingerprint density at radius 2 is 1.77 bits per heavy atom. The topological polar surface area (TPSA) is 85.4 Å². The van der Waals surface area contributed by atoms with Crippen LogP contribution in [0.1, 0.15) is 22.5 Å². The van der Waals surface area contributed by atoms with Crippen LogP contribution in [-0.4, -0.2) is 31.6 Å². The van der Waals surface area contributed by atoms with E-state index in [1.807, 2.05) is 48.5 Å². The molecule has 1 aliphatic carbocycles. The Balaban J connectivity index is 1.64. The van der Waals surface area contributed by atoms with Crippen molar-refractivity contribution in [3.05, 3.63) is 77.0 Å². The predicted octanol–water partition coefficient (Wildman–Crippen LogP) is 4.67. The number of nitrogens with one attached hydrogen (secondary N) is 1. The van der Waals surface area contributed by atoms with Crippen LogP contribution in [0.25, 0.3) is 10.6 Å². The second-order valence-corrected chi connectivity index (χ2v) is 10.4. The molecule has 1 amide bonds. The highest BCUT2D eigenvalue weighted by atomic mass is 32.2. The molecule has 31 heavy (non-hydrogen) atoms. The van der Waals surface area contributed by atoms with Crippen LogP contribution in [0.5, 0.6) is 11.6 Å². The van der Waals surface area contributed by atoms with E-state index in [0.717, 1.165) is 30.1 Å². The molecule has 0 radical (unpaired) electrons. The Labute approximate surface area is 185 Å². The molecular weight excluding hydrogens is 432 g/mol. The lowest BCUT2D eigenvalue weighted by molar-refractivity contribution is 0.0942. The number of ether oxygens (including phenoxy) is 1. The van der Waals surface area contributed by atoms with Crippen LogP contribution in [0.3, 0.4) is 0 Å². The average Bonchev–Trinajstić information content (AvgIpc) is 3.51. The number of amides is 1. The van der Waals surface area contributed by atoms with Crippen molar-refractivity contribution in [3.8, 4) is 22.2 Å². The number of benzene rings is 2. The number of thiazole rings is 1. The summed E-state index contributed by atoms with van der Waals surface area (Å²) in [5.41, 5.74) is 0.889. The van der Waals surface area contributed by atoms with Gasteiger partial charge in [0.15, 0.2) is 14.7 Å². The van der Waals surface area contributed by atoms with Crippen molar-refractivity contribution in [1.82, 2.24) is 10.3 Å². The number of hydrogen-bond acceptors (Lipinski definition) is 6. The fraction of sp³-hybridized carbons (Fsp3) is 0.217. The maximum absolute atomic E-state index is 13.2. The Morgan fingerprint density at radius 3 is 2.39 bits per heavy atom. The molecule has 1 aromatic heterocycles. The fourth-order valence-electron chi connectivity index (χ4n) is 3.05. The zero-order valence-corrected chi connectivity index (χ0v) is 18.5. The maximum Gasteiger partial charge on any atom is 0.267 e. The summed E-state index contributed by atoms with van der Waals surface area (Å²) in [6.45, 7) is 0. The van der Waals surface area contributed by atoms with E-state index in [2.05, 4.69) is 10.3 Å². The van der Waals surface area contributed by atoms with Gasteiger partial charge in [-0.2, -0.15) is 0 Å². The highest BCUT2D eigenvalue weighted by Gasteiger charge is 2.32. The third-order valence-corrected chi connectivity index (χ3v) is 6.48. The van der Waals surface area contributed by atoms with Gasteiger partial charge in [-0.3, -0.25) is 4.79 Å². The molecule has 3 aromatic rings. The van der Waals surface area contributed by atoms with E-state index in [4.69, 9.17) is 4.74 Å². The van der Waals surface area contributed by atoms with Gasteiger partial charge in [0.05, 0.1) is 6.04 Å². The van der Waals surface area contributed by atoms with E-state index in [1.165, 1.54) is 11.3 Å². The number of carbonyl (C=O) groups is 1. The van der Waals surface area contributed by atoms with Crippen molar-refractivity contribution >= 4 is 27.1 Å². The zero-order valence-electron chi connectivity index (χ0n) is 16.9. The molecule has 1 N–H and O–H groups in total. The van der Waals surface area contributed by atoms with E-state index in [-0.39, 0.29) is 23.7 Å². The summed E-state index contributed by atoms with van der Waals surface area (Å²) in [6.07, 6.45) is 4.59. The highest BCUT2D eigenvalue weighted by molar-refractivity contribution is 7.93. The van der Waals surface area contributed by atoms with Gasteiger partial charge in [0.25, 0.3) is 5.91 Å². The van der Waals surface area contributed by atoms with Crippen molar-refractivity contribution in [2.75, 3.05) is 6.26 Å². The smallest absolute Gasteiger partial charge is 0.267 e. The minimum atomic E-state index is -3.27. The fourth-order valence-corrected chi connectivity index (χ4v) is 4.40. The molecule has 0 bridgehead atoms. The number of aromatic nitrogens is 1. The van der Waals surface area contributed by atoms with Crippen molar-refractivity contribution < 1.29 is 17.9 Å². The Hall–Kier alpha value is -2.97. The van der Waals surface area contributed by atoms with Gasteiger partial charge in [0, 0.05) is 17.2 Å². The lowest BCUT2D eigenvalue weighted by atomic mass is 10.2. The van der Waals surface area contributed by atoms with Gasteiger partial charge in [-0.05, 0) is 30.9 Å². The largest absolute Gasteiger partial charge is 0.437 e. The van der Waals surface area contributed by atoms with Crippen molar-refractivity contribution in [1.29, 1.82) is 0 Å². The van der Waals surface area contributed by atoms with Crippen LogP contribution >= 0.6 is 11.3 Å². The SMILES string of the molecule is CS(=O)(=O)/C=C/[C@@H](NC(=O)c1sc(-c2ccccc2)nc1Oc1ccccc1)C1CC1. The molecule has 160 valence electrons. The summed E-state index contributed by atoms with van der Waals surface area (Å²) in [6, 6.07) is 18.4. The Kier molecular flexibility index (Phi) is 6.20. The van der Waals surface area contributed by atoms with Crippen LogP contribution in [0.2, 0.25) is 0 Å². The molecule has 1 aliphatic rings. The van der Waals surface area contributed by atoms with Crippen molar-refractivity contribution in [3.63, 3.8) is 0 Å². The third kappa shape index (κ3) is 5.80. The molecule has 0 aliphatic heterocycles. The summed E-state index contributed by atoms with van der Waals surface area (Å²) in [7, 11) is -3.27. The van der Waals surface area contributed by atoms with Crippen LogP contribution in [0, 0.1) is 5.92 Å². The number of nitrogens with zero attached hydrogens (tertiary/aromatic N) is 1. The van der Waals surface area contributed by atoms with Crippen LogP contribution in [0.4, 0.5) is 0 Å². The third-order valence-electron chi connectivity index (χ3n) is 4.74. The van der Waals surface area contributed by atoms with Crippen LogP contribution in [0.15, 0.2) is 72.1 Å². The minimum Gasteiger partial charge on any atom is -0.437 e. The first-order chi connectivity index (χ1) is 14.9.